The van der Waals surface area contributed by atoms with Crippen LogP contribution in [0.3, 0.4) is 0 Å². The van der Waals surface area contributed by atoms with Gasteiger partial charge in [-0.15, -0.1) is 0 Å². The van der Waals surface area contributed by atoms with Gasteiger partial charge in [0.15, 0.2) is 0 Å². The van der Waals surface area contributed by atoms with Crippen molar-refractivity contribution in [2.24, 2.45) is 0 Å². The average molecular weight is 188 g/mol. The minimum atomic E-state index is -1.08. The monoisotopic (exact) mass is 188 g/mol. The van der Waals surface area contributed by atoms with Gasteiger partial charge in [-0.05, 0) is 0 Å². The second kappa shape index (κ2) is 8.69. The summed E-state index contributed by atoms with van der Waals surface area (Å²) >= 11 is 0.788. The first kappa shape index (κ1) is 11.6. The molecule has 1 aliphatic rings. The van der Waals surface area contributed by atoms with E-state index in [4.69, 9.17) is 9.46 Å². The molecule has 1 aliphatic carbocycles. The maximum absolute atomic E-state index is 8.35. The van der Waals surface area contributed by atoms with Gasteiger partial charge in [-0.1, -0.05) is 0 Å². The summed E-state index contributed by atoms with van der Waals surface area (Å²) in [5, 5.41) is 0. The molecule has 0 radical (unpaired) electrons. The van der Waals surface area contributed by atoms with E-state index < -0.39 is 8.69 Å². The van der Waals surface area contributed by atoms with Crippen LogP contribution < -0.4 is 4.89 Å². The fraction of sp³-hybridized carbons (Fsp3) is 1.00. The molecule has 1 saturated carbocycles. The van der Waals surface area contributed by atoms with Crippen molar-refractivity contribution in [1.82, 2.24) is 0 Å². The number of hydrogen-bond acceptors (Lipinski definition) is 2. The second-order valence-corrected chi connectivity index (χ2v) is 4.56. The zero-order valence-electron chi connectivity index (χ0n) is 6.95. The fourth-order valence-electron chi connectivity index (χ4n) is 1.47. The van der Waals surface area contributed by atoms with E-state index in [1.807, 2.05) is 0 Å². The molecule has 0 aliphatic heterocycles. The summed E-state index contributed by atoms with van der Waals surface area (Å²) in [5.41, 5.74) is 0. The summed E-state index contributed by atoms with van der Waals surface area (Å²) in [6, 6.07) is 0. The third-order valence-electron chi connectivity index (χ3n) is 2.12. The maximum atomic E-state index is 8.35. The van der Waals surface area contributed by atoms with E-state index in [0.717, 1.165) is 15.2 Å². The van der Waals surface area contributed by atoms with Gasteiger partial charge >= 0.3 is 57.9 Å². The summed E-state index contributed by atoms with van der Waals surface area (Å²) in [6.07, 6.45) is 7.64. The van der Waals surface area contributed by atoms with Gasteiger partial charge in [0.1, 0.15) is 0 Å². The van der Waals surface area contributed by atoms with Crippen molar-refractivity contribution in [3.8, 4) is 0 Å². The van der Waals surface area contributed by atoms with Crippen LogP contribution in [0.2, 0.25) is 10.6 Å². The van der Waals surface area contributed by atoms with Crippen LogP contribution in [0.5, 0.6) is 0 Å². The van der Waals surface area contributed by atoms with Crippen molar-refractivity contribution in [3.63, 3.8) is 0 Å². The molecule has 0 bridgehead atoms. The zero-order valence-corrected chi connectivity index (χ0v) is 9.00. The van der Waals surface area contributed by atoms with E-state index in [-0.39, 0.29) is 0 Å². The Labute approximate surface area is 76.4 Å². The van der Waals surface area contributed by atoms with Crippen LogP contribution in [0.1, 0.15) is 32.1 Å². The predicted molar refractivity (Wildman–Crippen MR) is 46.1 cm³/mol. The first-order valence-electron chi connectivity index (χ1n) is 4.09. The van der Waals surface area contributed by atoms with Crippen LogP contribution in [0.25, 0.3) is 0 Å². The summed E-state index contributed by atoms with van der Waals surface area (Å²) in [7, 11) is -1.08. The van der Waals surface area contributed by atoms with Gasteiger partial charge in [-0.3, -0.25) is 4.57 Å². The first-order valence-corrected chi connectivity index (χ1v) is 6.64. The molecule has 62 valence electrons. The van der Waals surface area contributed by atoms with Crippen LogP contribution >= 0.6 is 8.69 Å². The SMILES string of the molecule is O=P[O-].[CH3][Al+][CH]1CCCCC1. The fourth-order valence-corrected chi connectivity index (χ4v) is 2.61. The molecule has 0 atom stereocenters. The molecular formula is C7H14AlO2P. The Kier molecular flexibility index (Phi) is 9.15. The third-order valence-corrected chi connectivity index (χ3v) is 3.73. The molecular weight excluding hydrogens is 174 g/mol. The van der Waals surface area contributed by atoms with Crippen LogP contribution in [-0.2, 0) is 4.57 Å². The molecule has 0 aromatic rings. The number of rotatable bonds is 1. The van der Waals surface area contributed by atoms with Gasteiger partial charge in [0.05, 0.1) is 8.69 Å². The van der Waals surface area contributed by atoms with E-state index in [0.29, 0.717) is 0 Å². The molecule has 0 spiro atoms. The van der Waals surface area contributed by atoms with Crippen molar-refractivity contribution >= 4 is 23.9 Å². The Morgan fingerprint density at radius 3 is 2.09 bits per heavy atom. The van der Waals surface area contributed by atoms with E-state index >= 15 is 0 Å². The summed E-state index contributed by atoms with van der Waals surface area (Å²) in [6.45, 7) is 0. The Balaban J connectivity index is 0.000000292. The van der Waals surface area contributed by atoms with Crippen LogP contribution in [-0.4, -0.2) is 15.2 Å². The van der Waals surface area contributed by atoms with Crippen molar-refractivity contribution in [3.05, 3.63) is 0 Å². The van der Waals surface area contributed by atoms with E-state index in [9.17, 15) is 0 Å². The third kappa shape index (κ3) is 6.97. The van der Waals surface area contributed by atoms with E-state index in [1.54, 1.807) is 12.8 Å². The molecule has 0 N–H and O–H groups in total. The molecule has 1 fully saturated rings. The predicted octanol–water partition coefficient (Wildman–Crippen LogP) is 2.04. The van der Waals surface area contributed by atoms with Gasteiger partial charge in [-0.2, -0.15) is 0 Å². The van der Waals surface area contributed by atoms with E-state index in [1.165, 1.54) is 24.0 Å². The second-order valence-electron chi connectivity index (χ2n) is 2.81. The molecule has 0 saturated heterocycles. The van der Waals surface area contributed by atoms with Gasteiger partial charge in [0.2, 0.25) is 0 Å². The van der Waals surface area contributed by atoms with Crippen molar-refractivity contribution in [2.75, 3.05) is 0 Å². The molecule has 0 aromatic carbocycles. The van der Waals surface area contributed by atoms with Gasteiger partial charge < -0.3 is 4.89 Å². The van der Waals surface area contributed by atoms with Crippen LogP contribution in [0.15, 0.2) is 0 Å². The Hall–Kier alpha value is 0.592. The molecule has 0 amide bonds. The minimum absolute atomic E-state index is 0.788. The first-order chi connectivity index (χ1) is 5.35. The topological polar surface area (TPSA) is 40.1 Å². The van der Waals surface area contributed by atoms with Gasteiger partial charge in [0.25, 0.3) is 0 Å². The quantitative estimate of drug-likeness (QED) is 0.466. The Bertz CT molecular complexity index is 94.4. The molecule has 0 aromatic heterocycles. The standard InChI is InChI=1S/C6H11.CH3.Al.HO2P/c1-2-4-6-5-3-1;;;1-3-2/h1H,2-6H2;1H3;;(H,1,2)/q;;+1;/p-1. The molecule has 2 nitrogen and oxygen atoms in total. The molecule has 0 heterocycles. The van der Waals surface area contributed by atoms with Crippen molar-refractivity contribution in [2.45, 2.75) is 42.7 Å². The van der Waals surface area contributed by atoms with Gasteiger partial charge in [-0.25, -0.2) is 0 Å². The van der Waals surface area contributed by atoms with Crippen LogP contribution in [0.4, 0.5) is 0 Å². The molecule has 1 rings (SSSR count). The van der Waals surface area contributed by atoms with E-state index in [2.05, 4.69) is 5.79 Å². The van der Waals surface area contributed by atoms with Crippen LogP contribution in [0, 0.1) is 0 Å². The Morgan fingerprint density at radius 1 is 1.36 bits per heavy atom. The summed E-state index contributed by atoms with van der Waals surface area (Å²) in [5.74, 6) is 2.40. The average Bonchev–Trinajstić information content (AvgIpc) is 2.08. The summed E-state index contributed by atoms with van der Waals surface area (Å²) in [4.78, 5) is 8.35. The van der Waals surface area contributed by atoms with Crippen molar-refractivity contribution < 1.29 is 9.46 Å². The molecule has 4 heteroatoms. The molecule has 0 unspecified atom stereocenters. The van der Waals surface area contributed by atoms with Crippen molar-refractivity contribution in [1.29, 1.82) is 0 Å². The van der Waals surface area contributed by atoms with Gasteiger partial charge in [0, 0.05) is 0 Å². The summed E-state index contributed by atoms with van der Waals surface area (Å²) < 4.78 is 9.52. The zero-order chi connectivity index (χ0) is 8.53. The molecule has 11 heavy (non-hydrogen) atoms. The normalized spacial score (nSPS) is 18.4. The number of hydrogen-bond donors (Lipinski definition) is 0. The Morgan fingerprint density at radius 2 is 1.82 bits per heavy atom.